The molecular formula is C22H26N2O4. The van der Waals surface area contributed by atoms with Crippen LogP contribution in [0.3, 0.4) is 0 Å². The van der Waals surface area contributed by atoms with Crippen molar-refractivity contribution in [1.29, 1.82) is 0 Å². The first-order valence-corrected chi connectivity index (χ1v) is 9.40. The molecule has 1 unspecified atom stereocenters. The number of rotatable bonds is 9. The van der Waals surface area contributed by atoms with Gasteiger partial charge in [-0.1, -0.05) is 6.07 Å². The summed E-state index contributed by atoms with van der Waals surface area (Å²) >= 11 is 0. The van der Waals surface area contributed by atoms with E-state index < -0.39 is 0 Å². The number of ether oxygens (including phenoxy) is 1. The summed E-state index contributed by atoms with van der Waals surface area (Å²) in [5.41, 5.74) is 1.55. The Morgan fingerprint density at radius 3 is 2.82 bits per heavy atom. The number of likely N-dealkylation sites (N-methyl/N-ethyl adjacent to an activating group) is 1. The molecule has 0 radical (unpaired) electrons. The van der Waals surface area contributed by atoms with Crippen LogP contribution in [0.1, 0.15) is 24.3 Å². The molecular weight excluding hydrogens is 356 g/mol. The lowest BCUT2D eigenvalue weighted by Gasteiger charge is -2.12. The number of nitrogens with one attached hydrogen (secondary N) is 1. The fraction of sp³-hybridized carbons (Fsp3) is 0.364. The summed E-state index contributed by atoms with van der Waals surface area (Å²) in [6, 6.07) is 9.84. The molecule has 28 heavy (non-hydrogen) atoms. The van der Waals surface area contributed by atoms with Gasteiger partial charge in [0.2, 0.25) is 5.91 Å². The van der Waals surface area contributed by atoms with E-state index in [1.165, 1.54) is 0 Å². The minimum absolute atomic E-state index is 0.0796. The largest absolute Gasteiger partial charge is 0.492 e. The number of amides is 1. The molecule has 0 aliphatic carbocycles. The van der Waals surface area contributed by atoms with E-state index in [-0.39, 0.29) is 11.8 Å². The van der Waals surface area contributed by atoms with E-state index in [4.69, 9.17) is 9.15 Å². The first-order chi connectivity index (χ1) is 13.5. The smallest absolute Gasteiger partial charge is 0.219 e. The summed E-state index contributed by atoms with van der Waals surface area (Å²) in [5.74, 6) is 0.342. The highest BCUT2D eigenvalue weighted by atomic mass is 16.5. The van der Waals surface area contributed by atoms with Crippen molar-refractivity contribution in [3.63, 3.8) is 0 Å². The van der Waals surface area contributed by atoms with Crippen LogP contribution in [-0.4, -0.2) is 51.4 Å². The van der Waals surface area contributed by atoms with Crippen LogP contribution in [0.25, 0.3) is 21.7 Å². The molecule has 0 spiro atoms. The second-order valence-electron chi connectivity index (χ2n) is 7.12. The maximum Gasteiger partial charge on any atom is 0.219 e. The quantitative estimate of drug-likeness (QED) is 0.575. The van der Waals surface area contributed by atoms with Crippen LogP contribution in [0.5, 0.6) is 5.75 Å². The van der Waals surface area contributed by atoms with Gasteiger partial charge < -0.3 is 24.2 Å². The van der Waals surface area contributed by atoms with Crippen LogP contribution in [0.4, 0.5) is 0 Å². The van der Waals surface area contributed by atoms with Gasteiger partial charge in [0, 0.05) is 36.9 Å². The van der Waals surface area contributed by atoms with Gasteiger partial charge in [0.05, 0.1) is 6.26 Å². The summed E-state index contributed by atoms with van der Waals surface area (Å²) in [4.78, 5) is 25.4. The zero-order valence-electron chi connectivity index (χ0n) is 16.5. The standard InChI is InChI=1S/C22H26N2O4/c1-23-21(26)9-5-16(13-25)19-14-28-20-8-4-15-12-17(27-11-10-24(2)3)6-7-18(15)22(19)20/h4,6-8,12-14,16H,5,9-11H2,1-3H3,(H,23,26). The molecule has 1 amide bonds. The molecule has 148 valence electrons. The minimum Gasteiger partial charge on any atom is -0.492 e. The van der Waals surface area contributed by atoms with E-state index in [0.29, 0.717) is 19.4 Å². The normalized spacial score (nSPS) is 12.4. The molecule has 1 aromatic heterocycles. The molecule has 1 N–H and O–H groups in total. The SMILES string of the molecule is CNC(=O)CCC(C=O)c1coc2ccc3cc(OCCN(C)C)ccc3c12. The number of benzene rings is 2. The number of carbonyl (C=O) groups excluding carboxylic acids is 2. The van der Waals surface area contributed by atoms with Crippen LogP contribution in [-0.2, 0) is 9.59 Å². The number of hydrogen-bond acceptors (Lipinski definition) is 5. The second-order valence-corrected chi connectivity index (χ2v) is 7.12. The van der Waals surface area contributed by atoms with E-state index in [0.717, 1.165) is 45.9 Å². The molecule has 6 nitrogen and oxygen atoms in total. The predicted molar refractivity (Wildman–Crippen MR) is 110 cm³/mol. The molecule has 1 heterocycles. The Morgan fingerprint density at radius 1 is 1.29 bits per heavy atom. The number of nitrogens with zero attached hydrogens (tertiary/aromatic N) is 1. The first-order valence-electron chi connectivity index (χ1n) is 9.40. The van der Waals surface area contributed by atoms with Crippen molar-refractivity contribution in [2.45, 2.75) is 18.8 Å². The third-order valence-electron chi connectivity index (χ3n) is 4.89. The van der Waals surface area contributed by atoms with Crippen LogP contribution in [0, 0.1) is 0 Å². The highest BCUT2D eigenvalue weighted by molar-refractivity contribution is 6.08. The van der Waals surface area contributed by atoms with Crippen molar-refractivity contribution in [3.05, 3.63) is 42.2 Å². The lowest BCUT2D eigenvalue weighted by Crippen LogP contribution is -2.19. The Hall–Kier alpha value is -2.86. The monoisotopic (exact) mass is 382 g/mol. The van der Waals surface area contributed by atoms with E-state index in [9.17, 15) is 9.59 Å². The number of hydrogen-bond donors (Lipinski definition) is 1. The highest BCUT2D eigenvalue weighted by Gasteiger charge is 2.19. The number of aldehydes is 1. The van der Waals surface area contributed by atoms with Gasteiger partial charge in [0.25, 0.3) is 0 Å². The average Bonchev–Trinajstić information content (AvgIpc) is 3.12. The van der Waals surface area contributed by atoms with Crippen LogP contribution < -0.4 is 10.1 Å². The lowest BCUT2D eigenvalue weighted by atomic mass is 9.92. The van der Waals surface area contributed by atoms with Crippen molar-refractivity contribution in [2.24, 2.45) is 0 Å². The number of furan rings is 1. The summed E-state index contributed by atoms with van der Waals surface area (Å²) in [7, 11) is 5.61. The number of fused-ring (bicyclic) bond motifs is 3. The molecule has 0 bridgehead atoms. The van der Waals surface area contributed by atoms with Gasteiger partial charge in [0.15, 0.2) is 0 Å². The van der Waals surface area contributed by atoms with E-state index >= 15 is 0 Å². The summed E-state index contributed by atoms with van der Waals surface area (Å²) in [5, 5.41) is 5.54. The Morgan fingerprint density at radius 2 is 2.11 bits per heavy atom. The van der Waals surface area contributed by atoms with Gasteiger partial charge in [0.1, 0.15) is 24.2 Å². The van der Waals surface area contributed by atoms with Crippen molar-refractivity contribution >= 4 is 33.9 Å². The van der Waals surface area contributed by atoms with Crippen molar-refractivity contribution in [3.8, 4) is 5.75 Å². The third-order valence-corrected chi connectivity index (χ3v) is 4.89. The molecule has 3 aromatic rings. The molecule has 0 aliphatic rings. The molecule has 3 rings (SSSR count). The maximum atomic E-state index is 11.7. The fourth-order valence-corrected chi connectivity index (χ4v) is 3.29. The predicted octanol–water partition coefficient (Wildman–Crippen LogP) is 3.34. The molecule has 0 aliphatic heterocycles. The first kappa shape index (κ1) is 19.9. The molecule has 0 fully saturated rings. The fourth-order valence-electron chi connectivity index (χ4n) is 3.29. The topological polar surface area (TPSA) is 71.8 Å². The molecule has 6 heteroatoms. The second kappa shape index (κ2) is 8.89. The van der Waals surface area contributed by atoms with Crippen LogP contribution in [0.2, 0.25) is 0 Å². The third kappa shape index (κ3) is 4.34. The molecule has 0 saturated carbocycles. The van der Waals surface area contributed by atoms with Gasteiger partial charge in [-0.15, -0.1) is 0 Å². The average molecular weight is 382 g/mol. The Labute approximate surface area is 164 Å². The summed E-state index contributed by atoms with van der Waals surface area (Å²) in [6.07, 6.45) is 3.26. The van der Waals surface area contributed by atoms with Crippen molar-refractivity contribution < 1.29 is 18.7 Å². The molecule has 1 atom stereocenters. The zero-order chi connectivity index (χ0) is 20.1. The Balaban J connectivity index is 1.93. The van der Waals surface area contributed by atoms with E-state index in [1.54, 1.807) is 13.3 Å². The van der Waals surface area contributed by atoms with Gasteiger partial charge in [-0.2, -0.15) is 0 Å². The molecule has 0 saturated heterocycles. The highest BCUT2D eigenvalue weighted by Crippen LogP contribution is 2.36. The maximum absolute atomic E-state index is 11.7. The molecule has 2 aromatic carbocycles. The number of carbonyl (C=O) groups is 2. The lowest BCUT2D eigenvalue weighted by molar-refractivity contribution is -0.120. The van der Waals surface area contributed by atoms with Crippen molar-refractivity contribution in [2.75, 3.05) is 34.3 Å². The summed E-state index contributed by atoms with van der Waals surface area (Å²) in [6.45, 7) is 1.46. The van der Waals surface area contributed by atoms with Gasteiger partial charge in [-0.05, 0) is 55.6 Å². The zero-order valence-corrected chi connectivity index (χ0v) is 16.5. The van der Waals surface area contributed by atoms with Crippen LogP contribution >= 0.6 is 0 Å². The van der Waals surface area contributed by atoms with Crippen LogP contribution in [0.15, 0.2) is 41.0 Å². The Bertz CT molecular complexity index is 977. The van der Waals surface area contributed by atoms with Gasteiger partial charge >= 0.3 is 0 Å². The Kier molecular flexibility index (Phi) is 6.31. The van der Waals surface area contributed by atoms with Gasteiger partial charge in [-0.25, -0.2) is 0 Å². The summed E-state index contributed by atoms with van der Waals surface area (Å²) < 4.78 is 11.5. The minimum atomic E-state index is -0.389. The van der Waals surface area contributed by atoms with Gasteiger partial charge in [-0.3, -0.25) is 4.79 Å². The van der Waals surface area contributed by atoms with E-state index in [2.05, 4.69) is 10.2 Å². The van der Waals surface area contributed by atoms with E-state index in [1.807, 2.05) is 44.4 Å². The van der Waals surface area contributed by atoms with Crippen molar-refractivity contribution in [1.82, 2.24) is 10.2 Å².